The molecule has 0 aliphatic carbocycles. The first kappa shape index (κ1) is 22.8. The minimum absolute atomic E-state index is 0.223. The molecule has 0 spiro atoms. The minimum Gasteiger partial charge on any atom is -0.495 e. The molecule has 2 heterocycles. The summed E-state index contributed by atoms with van der Waals surface area (Å²) in [6, 6.07) is 8.62. The van der Waals surface area contributed by atoms with Gasteiger partial charge in [-0.3, -0.25) is 4.98 Å². The van der Waals surface area contributed by atoms with E-state index in [1.807, 2.05) is 19.1 Å². The number of rotatable bonds is 6. The number of hydrogen-bond acceptors (Lipinski definition) is 7. The van der Waals surface area contributed by atoms with Crippen molar-refractivity contribution in [3.05, 3.63) is 53.5 Å². The number of halogens is 1. The molecule has 174 valence electrons. The molecule has 1 fully saturated rings. The third-order valence-electron chi connectivity index (χ3n) is 5.89. The zero-order chi connectivity index (χ0) is 23.5. The van der Waals surface area contributed by atoms with Gasteiger partial charge in [-0.2, -0.15) is 0 Å². The number of aryl methyl sites for hydroxylation is 1. The van der Waals surface area contributed by atoms with Gasteiger partial charge in [0.05, 0.1) is 36.3 Å². The lowest BCUT2D eigenvalue weighted by molar-refractivity contribution is 0.0527. The zero-order valence-electron chi connectivity index (χ0n) is 19.4. The quantitative estimate of drug-likeness (QED) is 0.558. The van der Waals surface area contributed by atoms with Crippen molar-refractivity contribution in [2.75, 3.05) is 57.2 Å². The molecule has 0 atom stereocenters. The predicted octanol–water partition coefficient (Wildman–Crippen LogP) is 4.36. The molecule has 0 radical (unpaired) electrons. The van der Waals surface area contributed by atoms with Crippen LogP contribution in [-0.2, 0) is 4.74 Å². The maximum absolute atomic E-state index is 14.6. The number of hydrogen-bond donors (Lipinski definition) is 1. The second-order valence-corrected chi connectivity index (χ2v) is 8.21. The lowest BCUT2D eigenvalue weighted by Gasteiger charge is -2.34. The number of nitrogens with zero attached hydrogens (tertiary/aromatic N) is 3. The molecule has 1 aromatic heterocycles. The van der Waals surface area contributed by atoms with Gasteiger partial charge in [0, 0.05) is 37.8 Å². The van der Waals surface area contributed by atoms with Crippen LogP contribution >= 0.6 is 0 Å². The van der Waals surface area contributed by atoms with Crippen molar-refractivity contribution in [2.24, 2.45) is 0 Å². The summed E-state index contributed by atoms with van der Waals surface area (Å²) in [5.41, 5.74) is 3.46. The molecular formula is C25H29FN4O3. The molecule has 0 saturated carbocycles. The molecule has 1 aliphatic heterocycles. The van der Waals surface area contributed by atoms with Gasteiger partial charge in [0.1, 0.15) is 17.1 Å². The molecular weight excluding hydrogens is 423 g/mol. The number of likely N-dealkylation sites (N-methyl/N-ethyl adjacent to an activating group) is 1. The predicted molar refractivity (Wildman–Crippen MR) is 128 cm³/mol. The Morgan fingerprint density at radius 2 is 1.94 bits per heavy atom. The third-order valence-corrected chi connectivity index (χ3v) is 5.89. The van der Waals surface area contributed by atoms with Crippen LogP contribution in [0, 0.1) is 12.7 Å². The first-order valence-corrected chi connectivity index (χ1v) is 11.1. The summed E-state index contributed by atoms with van der Waals surface area (Å²) in [5, 5.41) is 3.78. The maximum atomic E-state index is 14.6. The first-order chi connectivity index (χ1) is 15.9. The van der Waals surface area contributed by atoms with E-state index in [1.165, 1.54) is 12.3 Å². The molecule has 7 nitrogen and oxygen atoms in total. The van der Waals surface area contributed by atoms with Crippen LogP contribution in [0.25, 0.3) is 10.9 Å². The zero-order valence-corrected chi connectivity index (χ0v) is 19.4. The fraction of sp³-hybridized carbons (Fsp3) is 0.360. The lowest BCUT2D eigenvalue weighted by atomic mass is 10.1. The van der Waals surface area contributed by atoms with Crippen LogP contribution in [0.2, 0.25) is 0 Å². The topological polar surface area (TPSA) is 66.9 Å². The van der Waals surface area contributed by atoms with E-state index < -0.39 is 11.8 Å². The van der Waals surface area contributed by atoms with Crippen molar-refractivity contribution < 1.29 is 18.7 Å². The van der Waals surface area contributed by atoms with Gasteiger partial charge in [0.25, 0.3) is 0 Å². The number of nitrogens with one attached hydrogen (secondary N) is 1. The summed E-state index contributed by atoms with van der Waals surface area (Å²) in [6.07, 6.45) is 1.48. The molecule has 1 saturated heterocycles. The summed E-state index contributed by atoms with van der Waals surface area (Å²) in [7, 11) is 3.73. The van der Waals surface area contributed by atoms with E-state index in [9.17, 15) is 9.18 Å². The summed E-state index contributed by atoms with van der Waals surface area (Å²) in [6.45, 7) is 7.50. The van der Waals surface area contributed by atoms with Crippen molar-refractivity contribution in [3.8, 4) is 5.75 Å². The number of fused-ring (bicyclic) bond motifs is 1. The van der Waals surface area contributed by atoms with E-state index in [4.69, 9.17) is 9.47 Å². The number of carbonyl (C=O) groups excluding carboxylic acids is 1. The average Bonchev–Trinajstić information content (AvgIpc) is 2.81. The molecule has 0 amide bonds. The highest BCUT2D eigenvalue weighted by Crippen LogP contribution is 2.38. The molecule has 0 unspecified atom stereocenters. The summed E-state index contributed by atoms with van der Waals surface area (Å²) in [5.74, 6) is -0.270. The lowest BCUT2D eigenvalue weighted by Crippen LogP contribution is -2.44. The SMILES string of the molecule is CCOC(=O)c1cnc2cc(N3CCN(C)CC3)c(OC)cc2c1Nc1cc(C)ccc1F. The van der Waals surface area contributed by atoms with Crippen LogP contribution in [0.5, 0.6) is 5.75 Å². The Balaban J connectivity index is 1.87. The van der Waals surface area contributed by atoms with E-state index >= 15 is 0 Å². The molecule has 1 N–H and O–H groups in total. The van der Waals surface area contributed by atoms with Gasteiger partial charge in [-0.05, 0) is 50.7 Å². The Bertz CT molecular complexity index is 1180. The molecule has 4 rings (SSSR count). The fourth-order valence-electron chi connectivity index (χ4n) is 4.03. The van der Waals surface area contributed by atoms with Crippen molar-refractivity contribution in [1.82, 2.24) is 9.88 Å². The van der Waals surface area contributed by atoms with Crippen LogP contribution in [0.15, 0.2) is 36.5 Å². The van der Waals surface area contributed by atoms with Gasteiger partial charge >= 0.3 is 5.97 Å². The second kappa shape index (κ2) is 9.62. The molecule has 3 aromatic rings. The van der Waals surface area contributed by atoms with E-state index in [2.05, 4.69) is 27.1 Å². The molecule has 0 bridgehead atoms. The van der Waals surface area contributed by atoms with E-state index in [1.54, 1.807) is 26.2 Å². The largest absolute Gasteiger partial charge is 0.495 e. The van der Waals surface area contributed by atoms with Crippen LogP contribution in [0.4, 0.5) is 21.5 Å². The van der Waals surface area contributed by atoms with Crippen molar-refractivity contribution in [3.63, 3.8) is 0 Å². The normalized spacial score (nSPS) is 14.4. The van der Waals surface area contributed by atoms with Gasteiger partial charge < -0.3 is 24.6 Å². The van der Waals surface area contributed by atoms with Gasteiger partial charge in [0.15, 0.2) is 0 Å². The number of pyridine rings is 1. The number of ether oxygens (including phenoxy) is 2. The Morgan fingerprint density at radius 1 is 1.18 bits per heavy atom. The summed E-state index contributed by atoms with van der Waals surface area (Å²) >= 11 is 0. The molecule has 33 heavy (non-hydrogen) atoms. The Kier molecular flexibility index (Phi) is 6.65. The Labute approximate surface area is 193 Å². The Morgan fingerprint density at radius 3 is 2.64 bits per heavy atom. The van der Waals surface area contributed by atoms with Gasteiger partial charge in [-0.25, -0.2) is 9.18 Å². The van der Waals surface area contributed by atoms with Gasteiger partial charge in [-0.1, -0.05) is 6.07 Å². The van der Waals surface area contributed by atoms with E-state index in [0.717, 1.165) is 37.4 Å². The van der Waals surface area contributed by atoms with Crippen molar-refractivity contribution in [1.29, 1.82) is 0 Å². The summed E-state index contributed by atoms with van der Waals surface area (Å²) < 4.78 is 25.6. The van der Waals surface area contributed by atoms with Crippen LogP contribution < -0.4 is 15.0 Å². The molecule has 1 aliphatic rings. The minimum atomic E-state index is -0.524. The number of methoxy groups -OCH3 is 1. The monoisotopic (exact) mass is 452 g/mol. The molecule has 2 aromatic carbocycles. The number of benzene rings is 2. The van der Waals surface area contributed by atoms with Gasteiger partial charge in [-0.15, -0.1) is 0 Å². The standard InChI is InChI=1S/C25H29FN4O3/c1-5-33-25(31)18-15-27-20-14-22(30-10-8-29(3)9-11-30)23(32-4)13-17(20)24(18)28-21-12-16(2)6-7-19(21)26/h6-7,12-15H,5,8-11H2,1-4H3,(H,27,28). The fourth-order valence-corrected chi connectivity index (χ4v) is 4.03. The second-order valence-electron chi connectivity index (χ2n) is 8.21. The van der Waals surface area contributed by atoms with Crippen molar-refractivity contribution in [2.45, 2.75) is 13.8 Å². The van der Waals surface area contributed by atoms with Crippen LogP contribution in [0.1, 0.15) is 22.8 Å². The number of esters is 1. The number of piperazine rings is 1. The smallest absolute Gasteiger partial charge is 0.341 e. The number of anilines is 3. The van der Waals surface area contributed by atoms with Crippen molar-refractivity contribution >= 4 is 33.9 Å². The van der Waals surface area contributed by atoms with Crippen LogP contribution in [0.3, 0.4) is 0 Å². The average molecular weight is 453 g/mol. The highest BCUT2D eigenvalue weighted by Gasteiger charge is 2.23. The van der Waals surface area contributed by atoms with E-state index in [-0.39, 0.29) is 17.9 Å². The molecule has 8 heteroatoms. The first-order valence-electron chi connectivity index (χ1n) is 11.1. The summed E-state index contributed by atoms with van der Waals surface area (Å²) in [4.78, 5) is 21.8. The number of carbonyl (C=O) groups is 1. The maximum Gasteiger partial charge on any atom is 0.341 e. The van der Waals surface area contributed by atoms with Crippen LogP contribution in [-0.4, -0.2) is 62.8 Å². The van der Waals surface area contributed by atoms with E-state index in [0.29, 0.717) is 22.3 Å². The van der Waals surface area contributed by atoms with Gasteiger partial charge in [0.2, 0.25) is 0 Å². The Hall–Kier alpha value is -3.39. The highest BCUT2D eigenvalue weighted by molar-refractivity contribution is 6.07. The highest BCUT2D eigenvalue weighted by atomic mass is 19.1. The number of aromatic nitrogens is 1. The third kappa shape index (κ3) is 4.71.